The molecule has 18 heavy (non-hydrogen) atoms. The molecule has 3 N–H and O–H groups in total. The topological polar surface area (TPSA) is 38.0 Å². The van der Waals surface area contributed by atoms with Crippen molar-refractivity contribution in [3.63, 3.8) is 0 Å². The van der Waals surface area contributed by atoms with Crippen molar-refractivity contribution in [2.24, 2.45) is 5.84 Å². The molecule has 2 nitrogen and oxygen atoms in total. The van der Waals surface area contributed by atoms with Crippen LogP contribution in [0.1, 0.15) is 17.2 Å². The molecule has 0 spiro atoms. The molecule has 1 atom stereocenters. The van der Waals surface area contributed by atoms with Gasteiger partial charge in [-0.25, -0.2) is 18.6 Å². The van der Waals surface area contributed by atoms with Crippen molar-refractivity contribution in [1.29, 1.82) is 0 Å². The number of hydrazine groups is 1. The van der Waals surface area contributed by atoms with E-state index < -0.39 is 23.5 Å². The molecule has 0 radical (unpaired) electrons. The summed E-state index contributed by atoms with van der Waals surface area (Å²) in [5.74, 6) is 3.38. The van der Waals surface area contributed by atoms with Crippen molar-refractivity contribution in [1.82, 2.24) is 5.43 Å². The molecular weight excluding hydrogens is 241 g/mol. The minimum Gasteiger partial charge on any atom is -0.271 e. The van der Waals surface area contributed by atoms with Crippen LogP contribution in [0.3, 0.4) is 0 Å². The number of nitrogens with one attached hydrogen (secondary N) is 1. The molecule has 0 saturated carbocycles. The fourth-order valence-electron chi connectivity index (χ4n) is 1.82. The summed E-state index contributed by atoms with van der Waals surface area (Å²) in [5.41, 5.74) is 2.81. The third kappa shape index (κ3) is 2.52. The maximum Gasteiger partial charge on any atom is 0.128 e. The van der Waals surface area contributed by atoms with Crippen LogP contribution in [0, 0.1) is 17.5 Å². The maximum atomic E-state index is 13.6. The largest absolute Gasteiger partial charge is 0.271 e. The van der Waals surface area contributed by atoms with Crippen LogP contribution in [0.2, 0.25) is 0 Å². The van der Waals surface area contributed by atoms with Gasteiger partial charge in [0.25, 0.3) is 0 Å². The molecule has 0 aromatic heterocycles. The molecule has 0 aliphatic heterocycles. The van der Waals surface area contributed by atoms with Gasteiger partial charge in [0.1, 0.15) is 17.5 Å². The molecule has 0 bridgehead atoms. The number of hydrogen-bond donors (Lipinski definition) is 2. The summed E-state index contributed by atoms with van der Waals surface area (Å²) in [4.78, 5) is 0. The Hall–Kier alpha value is -1.85. The van der Waals surface area contributed by atoms with Gasteiger partial charge in [-0.05, 0) is 23.8 Å². The molecule has 2 rings (SSSR count). The predicted molar refractivity (Wildman–Crippen MR) is 61.9 cm³/mol. The Morgan fingerprint density at radius 2 is 1.56 bits per heavy atom. The van der Waals surface area contributed by atoms with Crippen molar-refractivity contribution in [3.8, 4) is 0 Å². The second kappa shape index (κ2) is 5.20. The Morgan fingerprint density at radius 1 is 0.944 bits per heavy atom. The van der Waals surface area contributed by atoms with Gasteiger partial charge in [0.05, 0.1) is 6.04 Å². The lowest BCUT2D eigenvalue weighted by molar-refractivity contribution is 0.544. The Morgan fingerprint density at radius 3 is 2.11 bits per heavy atom. The quantitative estimate of drug-likeness (QED) is 0.651. The van der Waals surface area contributed by atoms with E-state index in [1.54, 1.807) is 6.07 Å². The molecular formula is C13H11F3N2. The van der Waals surface area contributed by atoms with Crippen molar-refractivity contribution in [2.45, 2.75) is 6.04 Å². The third-order valence-corrected chi connectivity index (χ3v) is 2.60. The van der Waals surface area contributed by atoms with E-state index in [9.17, 15) is 13.2 Å². The lowest BCUT2D eigenvalue weighted by atomic mass is 9.98. The zero-order valence-corrected chi connectivity index (χ0v) is 9.33. The van der Waals surface area contributed by atoms with Gasteiger partial charge in [-0.1, -0.05) is 18.2 Å². The Balaban J connectivity index is 2.48. The first-order chi connectivity index (χ1) is 8.61. The van der Waals surface area contributed by atoms with Crippen LogP contribution in [-0.2, 0) is 0 Å². The van der Waals surface area contributed by atoms with E-state index in [-0.39, 0.29) is 11.1 Å². The summed E-state index contributed by atoms with van der Waals surface area (Å²) >= 11 is 0. The lowest BCUT2D eigenvalue weighted by Gasteiger charge is -2.17. The standard InChI is InChI=1S/C13H11F3N2/c14-9-5-8(6-10(15)7-9)13(18-17)11-3-1-2-4-12(11)16/h1-7,13,18H,17H2. The van der Waals surface area contributed by atoms with Gasteiger partial charge in [0.15, 0.2) is 0 Å². The van der Waals surface area contributed by atoms with Gasteiger partial charge < -0.3 is 0 Å². The molecule has 0 amide bonds. The highest BCUT2D eigenvalue weighted by atomic mass is 19.1. The number of nitrogens with two attached hydrogens (primary N) is 1. The summed E-state index contributed by atoms with van der Waals surface area (Å²) in [6.07, 6.45) is 0. The minimum atomic E-state index is -0.809. The molecule has 2 aromatic rings. The van der Waals surface area contributed by atoms with Gasteiger partial charge in [0.2, 0.25) is 0 Å². The van der Waals surface area contributed by atoms with Gasteiger partial charge in [-0.2, -0.15) is 0 Å². The van der Waals surface area contributed by atoms with Crippen molar-refractivity contribution in [3.05, 3.63) is 71.0 Å². The molecule has 0 aliphatic rings. The van der Waals surface area contributed by atoms with E-state index in [4.69, 9.17) is 5.84 Å². The molecule has 1 unspecified atom stereocenters. The molecule has 0 saturated heterocycles. The normalized spacial score (nSPS) is 12.4. The number of rotatable bonds is 3. The molecule has 0 aliphatic carbocycles. The van der Waals surface area contributed by atoms with E-state index in [0.717, 1.165) is 18.2 Å². The first-order valence-corrected chi connectivity index (χ1v) is 5.28. The van der Waals surface area contributed by atoms with E-state index >= 15 is 0 Å². The summed E-state index contributed by atoms with van der Waals surface area (Å²) in [7, 11) is 0. The average molecular weight is 252 g/mol. The van der Waals surface area contributed by atoms with Crippen LogP contribution in [0.25, 0.3) is 0 Å². The van der Waals surface area contributed by atoms with Crippen LogP contribution in [0.5, 0.6) is 0 Å². The van der Waals surface area contributed by atoms with Crippen LogP contribution < -0.4 is 11.3 Å². The van der Waals surface area contributed by atoms with Crippen LogP contribution in [0.15, 0.2) is 42.5 Å². The number of benzene rings is 2. The second-order valence-corrected chi connectivity index (χ2v) is 3.82. The predicted octanol–water partition coefficient (Wildman–Crippen LogP) is 2.66. The van der Waals surface area contributed by atoms with Gasteiger partial charge in [0, 0.05) is 11.6 Å². The van der Waals surface area contributed by atoms with Crippen LogP contribution in [0.4, 0.5) is 13.2 Å². The fourth-order valence-corrected chi connectivity index (χ4v) is 1.82. The lowest BCUT2D eigenvalue weighted by Crippen LogP contribution is -2.29. The van der Waals surface area contributed by atoms with E-state index in [1.165, 1.54) is 18.2 Å². The van der Waals surface area contributed by atoms with E-state index in [2.05, 4.69) is 5.43 Å². The Bertz CT molecular complexity index is 537. The van der Waals surface area contributed by atoms with Gasteiger partial charge in [-0.15, -0.1) is 0 Å². The van der Waals surface area contributed by atoms with Gasteiger partial charge in [-0.3, -0.25) is 5.84 Å². The summed E-state index contributed by atoms with van der Waals surface area (Å²) in [5, 5.41) is 0. The van der Waals surface area contributed by atoms with E-state index in [1.807, 2.05) is 0 Å². The highest BCUT2D eigenvalue weighted by Gasteiger charge is 2.17. The summed E-state index contributed by atoms with van der Waals surface area (Å²) in [6.45, 7) is 0. The zero-order chi connectivity index (χ0) is 13.1. The SMILES string of the molecule is NNC(c1cc(F)cc(F)c1)c1ccccc1F. The Labute approximate surface area is 102 Å². The van der Waals surface area contributed by atoms with Crippen molar-refractivity contribution in [2.75, 3.05) is 0 Å². The molecule has 2 aromatic carbocycles. The minimum absolute atomic E-state index is 0.222. The Kier molecular flexibility index (Phi) is 3.64. The highest BCUT2D eigenvalue weighted by Crippen LogP contribution is 2.24. The summed E-state index contributed by atoms with van der Waals surface area (Å²) in [6, 6.07) is 8.07. The molecule has 0 fully saturated rings. The fraction of sp³-hybridized carbons (Fsp3) is 0.0769. The molecule has 0 heterocycles. The summed E-state index contributed by atoms with van der Waals surface area (Å²) < 4.78 is 39.9. The number of halogens is 3. The first kappa shape index (κ1) is 12.6. The zero-order valence-electron chi connectivity index (χ0n) is 9.33. The van der Waals surface area contributed by atoms with Crippen molar-refractivity contribution < 1.29 is 13.2 Å². The number of hydrogen-bond acceptors (Lipinski definition) is 2. The maximum absolute atomic E-state index is 13.6. The third-order valence-electron chi connectivity index (χ3n) is 2.60. The van der Waals surface area contributed by atoms with Crippen LogP contribution in [-0.4, -0.2) is 0 Å². The average Bonchev–Trinajstić information content (AvgIpc) is 2.31. The monoisotopic (exact) mass is 252 g/mol. The first-order valence-electron chi connectivity index (χ1n) is 5.28. The second-order valence-electron chi connectivity index (χ2n) is 3.82. The molecule has 94 valence electrons. The highest BCUT2D eigenvalue weighted by molar-refractivity contribution is 5.33. The van der Waals surface area contributed by atoms with Crippen molar-refractivity contribution >= 4 is 0 Å². The van der Waals surface area contributed by atoms with Gasteiger partial charge >= 0.3 is 0 Å². The smallest absolute Gasteiger partial charge is 0.128 e. The molecule has 5 heteroatoms. The van der Waals surface area contributed by atoms with E-state index in [0.29, 0.717) is 0 Å². The van der Waals surface area contributed by atoms with Crippen LogP contribution >= 0.6 is 0 Å².